The lowest BCUT2D eigenvalue weighted by Gasteiger charge is -2.08. The molecule has 0 bridgehead atoms. The molecular formula is C6H11NO5Si. The van der Waals surface area contributed by atoms with E-state index in [1.807, 2.05) is 0 Å². The average molecular weight is 205 g/mol. The number of rotatable bonds is 2. The molecule has 0 rings (SSSR count). The highest BCUT2D eigenvalue weighted by Crippen LogP contribution is 1.89. The second-order valence-electron chi connectivity index (χ2n) is 1.89. The summed E-state index contributed by atoms with van der Waals surface area (Å²) in [4.78, 5) is 28.9. The van der Waals surface area contributed by atoms with Gasteiger partial charge in [-0.1, -0.05) is 0 Å². The average Bonchev–Trinajstić information content (AvgIpc) is 1.83. The van der Waals surface area contributed by atoms with Crippen LogP contribution in [-0.2, 0) is 23.2 Å². The minimum atomic E-state index is -2.02. The van der Waals surface area contributed by atoms with E-state index in [1.165, 1.54) is 13.8 Å². The largest absolute Gasteiger partial charge is 0.487 e. The summed E-state index contributed by atoms with van der Waals surface area (Å²) in [6.45, 7) is 4.18. The molecule has 0 aromatic carbocycles. The molecule has 0 aromatic heterocycles. The fourth-order valence-electron chi connectivity index (χ4n) is 0.491. The number of hydrogen-bond donors (Lipinski definition) is 1. The van der Waals surface area contributed by atoms with Crippen molar-refractivity contribution in [3.8, 4) is 0 Å². The zero-order chi connectivity index (χ0) is 10.9. The van der Waals surface area contributed by atoms with Crippen molar-refractivity contribution in [2.45, 2.75) is 20.4 Å². The molecule has 0 amide bonds. The Morgan fingerprint density at radius 2 is 1.46 bits per heavy atom. The van der Waals surface area contributed by atoms with Crippen LogP contribution >= 0.6 is 0 Å². The van der Waals surface area contributed by atoms with Gasteiger partial charge in [-0.2, -0.15) is 0 Å². The van der Waals surface area contributed by atoms with Gasteiger partial charge in [0.2, 0.25) is 6.08 Å². The minimum absolute atomic E-state index is 0.402. The van der Waals surface area contributed by atoms with Crippen molar-refractivity contribution in [1.29, 1.82) is 5.41 Å². The highest BCUT2D eigenvalue weighted by Gasteiger charge is 2.11. The van der Waals surface area contributed by atoms with Gasteiger partial charge >= 0.3 is 9.28 Å². The van der Waals surface area contributed by atoms with Crippen LogP contribution in [0.4, 0.5) is 0 Å². The second kappa shape index (κ2) is 8.63. The van der Waals surface area contributed by atoms with Crippen LogP contribution in [-0.4, -0.2) is 27.3 Å². The third-order valence-corrected chi connectivity index (χ3v) is 1.99. The molecule has 13 heavy (non-hydrogen) atoms. The normalized spacial score (nSPS) is 7.69. The molecule has 0 saturated carbocycles. The van der Waals surface area contributed by atoms with Gasteiger partial charge in [-0.15, -0.1) is 0 Å². The van der Waals surface area contributed by atoms with Gasteiger partial charge < -0.3 is 8.85 Å². The third-order valence-electron chi connectivity index (χ3n) is 0.664. The summed E-state index contributed by atoms with van der Waals surface area (Å²) in [7, 11) is -2.02. The molecule has 0 saturated heterocycles. The quantitative estimate of drug-likeness (QED) is 0.385. The van der Waals surface area contributed by atoms with Gasteiger partial charge in [-0.25, -0.2) is 10.2 Å². The number of carbonyl (C=O) groups is 2. The van der Waals surface area contributed by atoms with E-state index < -0.39 is 21.2 Å². The Labute approximate surface area is 77.2 Å². The SMILES string of the molecule is CC(=O)O[SiH](C)OC(C)=O.N=C=O. The van der Waals surface area contributed by atoms with Gasteiger partial charge in [-0.3, -0.25) is 9.59 Å². The van der Waals surface area contributed by atoms with Crippen LogP contribution in [0, 0.1) is 5.41 Å². The van der Waals surface area contributed by atoms with Crippen LogP contribution in [0.25, 0.3) is 0 Å². The predicted octanol–water partition coefficient (Wildman–Crippen LogP) is -0.136. The van der Waals surface area contributed by atoms with E-state index in [2.05, 4.69) is 8.85 Å². The molecule has 0 radical (unpaired) electrons. The standard InChI is InChI=1S/C5H10O4Si.CHNO/c1-4(6)8-10(3)9-5(2)7;2-1-3/h10H,1-3H3;2H. The lowest BCUT2D eigenvalue weighted by molar-refractivity contribution is -0.137. The van der Waals surface area contributed by atoms with Crippen molar-refractivity contribution in [3.05, 3.63) is 0 Å². The summed E-state index contributed by atoms with van der Waals surface area (Å²) in [6.07, 6.45) is 0.750. The Bertz CT molecular complexity index is 195. The zero-order valence-corrected chi connectivity index (χ0v) is 8.77. The van der Waals surface area contributed by atoms with Crippen LogP contribution in [0.2, 0.25) is 6.55 Å². The zero-order valence-electron chi connectivity index (χ0n) is 7.62. The summed E-state index contributed by atoms with van der Waals surface area (Å²) in [6, 6.07) is 0. The molecule has 0 aromatic rings. The highest BCUT2D eigenvalue weighted by molar-refractivity contribution is 6.47. The van der Waals surface area contributed by atoms with Crippen LogP contribution in [0.5, 0.6) is 0 Å². The fraction of sp³-hybridized carbons (Fsp3) is 0.500. The molecule has 7 heteroatoms. The maximum absolute atomic E-state index is 10.3. The van der Waals surface area contributed by atoms with Gasteiger partial charge in [0.25, 0.3) is 11.9 Å². The van der Waals surface area contributed by atoms with Crippen molar-refractivity contribution in [1.82, 2.24) is 0 Å². The summed E-state index contributed by atoms with van der Waals surface area (Å²) in [5, 5.41) is 5.40. The van der Waals surface area contributed by atoms with Crippen LogP contribution < -0.4 is 0 Å². The van der Waals surface area contributed by atoms with Crippen molar-refractivity contribution in [2.24, 2.45) is 0 Å². The van der Waals surface area contributed by atoms with Gasteiger partial charge in [-0.05, 0) is 6.55 Å². The molecule has 6 nitrogen and oxygen atoms in total. The third kappa shape index (κ3) is 18.0. The van der Waals surface area contributed by atoms with Crippen molar-refractivity contribution >= 4 is 27.3 Å². The predicted molar refractivity (Wildman–Crippen MR) is 45.0 cm³/mol. The van der Waals surface area contributed by atoms with Crippen LogP contribution in [0.3, 0.4) is 0 Å². The minimum Gasteiger partial charge on any atom is -0.487 e. The fourth-order valence-corrected chi connectivity index (χ4v) is 1.47. The first kappa shape index (κ1) is 14.1. The molecule has 0 unspecified atom stereocenters. The Hall–Kier alpha value is -1.46. The number of nitrogens with one attached hydrogen (secondary N) is 1. The van der Waals surface area contributed by atoms with Gasteiger partial charge in [0.05, 0.1) is 0 Å². The highest BCUT2D eigenvalue weighted by atomic mass is 28.3. The van der Waals surface area contributed by atoms with E-state index in [4.69, 9.17) is 10.2 Å². The topological polar surface area (TPSA) is 93.5 Å². The Morgan fingerprint density at radius 3 is 1.62 bits per heavy atom. The van der Waals surface area contributed by atoms with E-state index in [-0.39, 0.29) is 0 Å². The smallest absolute Gasteiger partial charge is 0.444 e. The van der Waals surface area contributed by atoms with Gasteiger partial charge in [0.15, 0.2) is 0 Å². The summed E-state index contributed by atoms with van der Waals surface area (Å²) in [5.41, 5.74) is 0. The summed E-state index contributed by atoms with van der Waals surface area (Å²) in [5.74, 6) is -0.805. The van der Waals surface area contributed by atoms with Crippen molar-refractivity contribution < 1.29 is 23.2 Å². The monoisotopic (exact) mass is 205 g/mol. The van der Waals surface area contributed by atoms with Crippen molar-refractivity contribution in [3.63, 3.8) is 0 Å². The van der Waals surface area contributed by atoms with E-state index in [0.29, 0.717) is 0 Å². The van der Waals surface area contributed by atoms with E-state index in [9.17, 15) is 9.59 Å². The van der Waals surface area contributed by atoms with Gasteiger partial charge in [0.1, 0.15) is 0 Å². The Kier molecular flexibility index (Phi) is 9.35. The lowest BCUT2D eigenvalue weighted by atomic mass is 10.9. The summed E-state index contributed by atoms with van der Waals surface area (Å²) >= 11 is 0. The lowest BCUT2D eigenvalue weighted by Crippen LogP contribution is -2.23. The van der Waals surface area contributed by atoms with Gasteiger partial charge in [0, 0.05) is 13.8 Å². The maximum atomic E-state index is 10.3. The Morgan fingerprint density at radius 1 is 1.23 bits per heavy atom. The van der Waals surface area contributed by atoms with E-state index >= 15 is 0 Å². The summed E-state index contributed by atoms with van der Waals surface area (Å²) < 4.78 is 9.24. The Balaban J connectivity index is 0. The number of hydrogen-bond acceptors (Lipinski definition) is 6. The molecular weight excluding hydrogens is 194 g/mol. The first-order valence-electron chi connectivity index (χ1n) is 3.32. The molecule has 0 spiro atoms. The first-order chi connectivity index (χ1) is 5.93. The first-order valence-corrected chi connectivity index (χ1v) is 5.42. The molecule has 0 aliphatic carbocycles. The maximum Gasteiger partial charge on any atom is 0.444 e. The molecule has 0 aliphatic rings. The molecule has 0 aliphatic heterocycles. The molecule has 0 atom stereocenters. The van der Waals surface area contributed by atoms with E-state index in [0.717, 1.165) is 6.08 Å². The number of carbonyl (C=O) groups excluding carboxylic acids is 3. The molecule has 0 fully saturated rings. The molecule has 0 heterocycles. The second-order valence-corrected chi connectivity index (χ2v) is 3.50. The molecule has 74 valence electrons. The van der Waals surface area contributed by atoms with Crippen molar-refractivity contribution in [2.75, 3.05) is 0 Å². The van der Waals surface area contributed by atoms with Crippen LogP contribution in [0.15, 0.2) is 0 Å². The molecule has 1 N–H and O–H groups in total. The van der Waals surface area contributed by atoms with Crippen LogP contribution in [0.1, 0.15) is 13.8 Å². The number of isocyanates is 1. The van der Waals surface area contributed by atoms with E-state index in [1.54, 1.807) is 6.55 Å².